The fraction of sp³-hybridized carbons (Fsp3) is 0.478. The summed E-state index contributed by atoms with van der Waals surface area (Å²) in [7, 11) is 0. The zero-order chi connectivity index (χ0) is 20.2. The first-order valence-electron chi connectivity index (χ1n) is 9.41. The molecule has 0 spiro atoms. The first kappa shape index (κ1) is 21.3. The van der Waals surface area contributed by atoms with Gasteiger partial charge in [-0.2, -0.15) is 9.78 Å². The average Bonchev–Trinajstić information content (AvgIpc) is 2.57. The third-order valence-electron chi connectivity index (χ3n) is 3.58. The van der Waals surface area contributed by atoms with E-state index in [1.165, 1.54) is 0 Å². The first-order valence-corrected chi connectivity index (χ1v) is 9.41. The summed E-state index contributed by atoms with van der Waals surface area (Å²) in [5.74, 6) is 1.24. The predicted molar refractivity (Wildman–Crippen MR) is 109 cm³/mol. The van der Waals surface area contributed by atoms with Gasteiger partial charge < -0.3 is 9.78 Å². The minimum Gasteiger partial charge on any atom is -0.333 e. The van der Waals surface area contributed by atoms with Crippen LogP contribution in [0.4, 0.5) is 0 Å². The fourth-order valence-electron chi connectivity index (χ4n) is 2.51. The molecule has 0 bridgehead atoms. The predicted octanol–water partition coefficient (Wildman–Crippen LogP) is 6.69. The lowest BCUT2D eigenvalue weighted by Gasteiger charge is -2.25. The van der Waals surface area contributed by atoms with Crippen molar-refractivity contribution in [2.24, 2.45) is 0 Å². The first-order chi connectivity index (χ1) is 12.5. The van der Waals surface area contributed by atoms with Gasteiger partial charge >= 0.3 is 0 Å². The molecule has 0 aliphatic rings. The molecule has 4 nitrogen and oxygen atoms in total. The Morgan fingerprint density at radius 2 is 1.26 bits per heavy atom. The summed E-state index contributed by atoms with van der Waals surface area (Å²) in [6.07, 6.45) is 0. The molecular formula is C23H32O4. The molecule has 0 atom stereocenters. The second kappa shape index (κ2) is 8.32. The van der Waals surface area contributed by atoms with Crippen LogP contribution >= 0.6 is 0 Å². The number of rotatable bonds is 6. The Balaban J connectivity index is 2.55. The lowest BCUT2D eigenvalue weighted by atomic mass is 9.91. The van der Waals surface area contributed by atoms with Crippen LogP contribution in [0, 0.1) is 0 Å². The molecule has 0 saturated heterocycles. The molecule has 0 radical (unpaired) electrons. The van der Waals surface area contributed by atoms with Crippen molar-refractivity contribution in [3.63, 3.8) is 0 Å². The minimum absolute atomic E-state index is 0.192. The fourth-order valence-corrected chi connectivity index (χ4v) is 2.51. The summed E-state index contributed by atoms with van der Waals surface area (Å²) in [5.41, 5.74) is 2.31. The van der Waals surface area contributed by atoms with E-state index in [1.54, 1.807) is 0 Å². The van der Waals surface area contributed by atoms with Crippen molar-refractivity contribution in [3.05, 3.63) is 48.0 Å². The summed E-state index contributed by atoms with van der Waals surface area (Å²) >= 11 is 0. The Labute approximate surface area is 163 Å². The molecule has 148 valence electrons. The second-order valence-corrected chi connectivity index (χ2v) is 8.93. The van der Waals surface area contributed by atoms with E-state index in [1.807, 2.05) is 71.9 Å². The third kappa shape index (κ3) is 6.26. The Morgan fingerprint density at radius 3 is 1.78 bits per heavy atom. The third-order valence-corrected chi connectivity index (χ3v) is 3.58. The molecule has 0 saturated carbocycles. The summed E-state index contributed by atoms with van der Waals surface area (Å²) < 4.78 is 0. The smallest absolute Gasteiger partial charge is 0.215 e. The maximum Gasteiger partial charge on any atom is 0.215 e. The minimum atomic E-state index is -0.459. The van der Waals surface area contributed by atoms with Gasteiger partial charge in [-0.05, 0) is 70.7 Å². The van der Waals surface area contributed by atoms with Gasteiger partial charge in [-0.1, -0.05) is 44.2 Å². The average molecular weight is 373 g/mol. The van der Waals surface area contributed by atoms with Gasteiger partial charge in [0, 0.05) is 5.56 Å². The van der Waals surface area contributed by atoms with Crippen LogP contribution in [0.5, 0.6) is 11.5 Å². The van der Waals surface area contributed by atoms with E-state index in [0.717, 1.165) is 16.7 Å². The highest BCUT2D eigenvalue weighted by Crippen LogP contribution is 2.43. The van der Waals surface area contributed by atoms with Crippen molar-refractivity contribution in [1.82, 2.24) is 0 Å². The second-order valence-electron chi connectivity index (χ2n) is 8.93. The Bertz CT molecular complexity index is 737. The van der Waals surface area contributed by atoms with Gasteiger partial charge in [0.15, 0.2) is 0 Å². The Morgan fingerprint density at radius 1 is 0.704 bits per heavy atom. The monoisotopic (exact) mass is 372 g/mol. The number of hydrogen-bond donors (Lipinski definition) is 0. The zero-order valence-corrected chi connectivity index (χ0v) is 17.8. The molecule has 0 aliphatic carbocycles. The highest BCUT2D eigenvalue weighted by atomic mass is 17.2. The van der Waals surface area contributed by atoms with Crippen molar-refractivity contribution in [2.45, 2.75) is 72.5 Å². The van der Waals surface area contributed by atoms with E-state index in [9.17, 15) is 0 Å². The van der Waals surface area contributed by atoms with E-state index in [4.69, 9.17) is 19.6 Å². The molecular weight excluding hydrogens is 340 g/mol. The van der Waals surface area contributed by atoms with E-state index >= 15 is 0 Å². The van der Waals surface area contributed by atoms with Gasteiger partial charge in [0.25, 0.3) is 0 Å². The topological polar surface area (TPSA) is 36.9 Å². The maximum atomic E-state index is 5.82. The molecule has 0 aliphatic heterocycles. The van der Waals surface area contributed by atoms with Crippen molar-refractivity contribution in [1.29, 1.82) is 0 Å². The van der Waals surface area contributed by atoms with Gasteiger partial charge in [-0.3, -0.25) is 0 Å². The van der Waals surface area contributed by atoms with Gasteiger partial charge in [-0.25, -0.2) is 0 Å². The van der Waals surface area contributed by atoms with E-state index in [-0.39, 0.29) is 5.92 Å². The molecule has 27 heavy (non-hydrogen) atoms. The molecule has 2 aromatic carbocycles. The van der Waals surface area contributed by atoms with Crippen LogP contribution in [0.25, 0.3) is 11.1 Å². The normalized spacial score (nSPS) is 12.3. The van der Waals surface area contributed by atoms with Crippen LogP contribution in [-0.4, -0.2) is 11.2 Å². The molecule has 0 heterocycles. The highest BCUT2D eigenvalue weighted by Gasteiger charge is 2.25. The van der Waals surface area contributed by atoms with Crippen LogP contribution in [0.1, 0.15) is 66.9 Å². The lowest BCUT2D eigenvalue weighted by Crippen LogP contribution is -2.23. The van der Waals surface area contributed by atoms with Crippen molar-refractivity contribution >= 4 is 0 Å². The maximum absolute atomic E-state index is 5.82. The molecule has 0 unspecified atom stereocenters. The SMILES string of the molecule is CC(C)c1c(-c2ccccc2)ccc(OOC(C)(C)C)c1OOC(C)(C)C. The van der Waals surface area contributed by atoms with Gasteiger partial charge in [0.05, 0.1) is 0 Å². The molecule has 0 amide bonds. The van der Waals surface area contributed by atoms with Crippen molar-refractivity contribution in [2.75, 3.05) is 0 Å². The summed E-state index contributed by atoms with van der Waals surface area (Å²) in [4.78, 5) is 22.6. The Hall–Kier alpha value is -2.04. The lowest BCUT2D eigenvalue weighted by molar-refractivity contribution is -0.292. The zero-order valence-electron chi connectivity index (χ0n) is 17.8. The molecule has 2 rings (SSSR count). The number of hydrogen-bond acceptors (Lipinski definition) is 4. The van der Waals surface area contributed by atoms with Gasteiger partial charge in [0.1, 0.15) is 11.2 Å². The molecule has 2 aromatic rings. The van der Waals surface area contributed by atoms with Crippen LogP contribution in [0.2, 0.25) is 0 Å². The van der Waals surface area contributed by atoms with E-state index in [0.29, 0.717) is 11.5 Å². The van der Waals surface area contributed by atoms with Crippen LogP contribution in [0.15, 0.2) is 42.5 Å². The molecule has 4 heteroatoms. The van der Waals surface area contributed by atoms with Gasteiger partial charge in [-0.15, -0.1) is 0 Å². The molecule has 0 fully saturated rings. The summed E-state index contributed by atoms with van der Waals surface area (Å²) in [6.45, 7) is 15.9. The van der Waals surface area contributed by atoms with E-state index in [2.05, 4.69) is 26.0 Å². The standard InChI is InChI=1S/C23H32O4/c1-16(2)20-18(17-12-10-9-11-13-17)14-15-19(24-26-22(3,4)5)21(20)25-27-23(6,7)8/h9-16H,1-8H3. The molecule has 0 aromatic heterocycles. The van der Waals surface area contributed by atoms with E-state index < -0.39 is 11.2 Å². The van der Waals surface area contributed by atoms with Crippen LogP contribution in [-0.2, 0) is 9.78 Å². The molecule has 0 N–H and O–H groups in total. The Kier molecular flexibility index (Phi) is 6.55. The van der Waals surface area contributed by atoms with Crippen LogP contribution < -0.4 is 9.78 Å². The van der Waals surface area contributed by atoms with Crippen LogP contribution in [0.3, 0.4) is 0 Å². The largest absolute Gasteiger partial charge is 0.333 e. The number of benzene rings is 2. The quantitative estimate of drug-likeness (QED) is 0.418. The van der Waals surface area contributed by atoms with Crippen molar-refractivity contribution in [3.8, 4) is 22.6 Å². The van der Waals surface area contributed by atoms with Gasteiger partial charge in [0.2, 0.25) is 11.5 Å². The van der Waals surface area contributed by atoms with Crippen molar-refractivity contribution < 1.29 is 19.6 Å². The highest BCUT2D eigenvalue weighted by molar-refractivity contribution is 5.73. The summed E-state index contributed by atoms with van der Waals surface area (Å²) in [6, 6.07) is 14.1. The summed E-state index contributed by atoms with van der Waals surface area (Å²) in [5, 5.41) is 0.